The van der Waals surface area contributed by atoms with Crippen LogP contribution in [-0.4, -0.2) is 9.78 Å². The second-order valence-corrected chi connectivity index (χ2v) is 3.26. The van der Waals surface area contributed by atoms with Crippen LogP contribution >= 0.6 is 0 Å². The van der Waals surface area contributed by atoms with Crippen molar-refractivity contribution in [2.45, 2.75) is 6.54 Å². The lowest BCUT2D eigenvalue weighted by atomic mass is 10.2. The zero-order valence-corrected chi connectivity index (χ0v) is 8.23. The summed E-state index contributed by atoms with van der Waals surface area (Å²) < 4.78 is 27.2. The molecule has 0 fully saturated rings. The molecule has 16 heavy (non-hydrogen) atoms. The third kappa shape index (κ3) is 2.13. The molecule has 0 spiro atoms. The summed E-state index contributed by atoms with van der Waals surface area (Å²) in [5.41, 5.74) is -0.257. The van der Waals surface area contributed by atoms with Crippen molar-refractivity contribution in [2.24, 2.45) is 0 Å². The van der Waals surface area contributed by atoms with Crippen molar-refractivity contribution in [3.8, 4) is 0 Å². The molecule has 5 heteroatoms. The highest BCUT2D eigenvalue weighted by Gasteiger charge is 2.05. The highest BCUT2D eigenvalue weighted by Crippen LogP contribution is 2.09. The number of nitrogens with zero attached hydrogens (tertiary/aromatic N) is 2. The summed E-state index contributed by atoms with van der Waals surface area (Å²) in [6.45, 7) is -0.0801. The quantitative estimate of drug-likeness (QED) is 0.773. The van der Waals surface area contributed by atoms with E-state index in [2.05, 4.69) is 5.10 Å². The van der Waals surface area contributed by atoms with Gasteiger partial charge in [-0.2, -0.15) is 5.10 Å². The first-order valence-corrected chi connectivity index (χ1v) is 4.63. The van der Waals surface area contributed by atoms with Gasteiger partial charge >= 0.3 is 0 Å². The number of aromatic nitrogens is 2. The molecular formula is C11H8F2N2O. The van der Waals surface area contributed by atoms with Crippen LogP contribution in [0.1, 0.15) is 5.56 Å². The van der Waals surface area contributed by atoms with Crippen LogP contribution < -0.4 is 5.56 Å². The largest absolute Gasteiger partial charge is 0.268 e. The van der Waals surface area contributed by atoms with Crippen molar-refractivity contribution in [1.29, 1.82) is 0 Å². The normalized spacial score (nSPS) is 10.4. The van der Waals surface area contributed by atoms with Gasteiger partial charge in [-0.1, -0.05) is 0 Å². The first-order valence-electron chi connectivity index (χ1n) is 4.63. The fraction of sp³-hybridized carbons (Fsp3) is 0.0909. The summed E-state index contributed by atoms with van der Waals surface area (Å²) in [7, 11) is 0. The molecule has 1 aromatic heterocycles. The minimum absolute atomic E-state index is 0.0801. The lowest BCUT2D eigenvalue weighted by molar-refractivity contribution is 0.557. The molecule has 3 nitrogen and oxygen atoms in total. The lowest BCUT2D eigenvalue weighted by Gasteiger charge is -2.04. The highest BCUT2D eigenvalue weighted by molar-refractivity contribution is 5.18. The number of rotatable bonds is 2. The predicted molar refractivity (Wildman–Crippen MR) is 54.0 cm³/mol. The van der Waals surface area contributed by atoms with E-state index in [4.69, 9.17) is 0 Å². The van der Waals surface area contributed by atoms with Crippen LogP contribution in [0.3, 0.4) is 0 Å². The van der Waals surface area contributed by atoms with Crippen LogP contribution in [0.4, 0.5) is 8.78 Å². The molecule has 0 N–H and O–H groups in total. The smallest absolute Gasteiger partial charge is 0.267 e. The standard InChI is InChI=1S/C11H8F2N2O/c12-9-3-4-10(13)8(6-9)7-15-11(16)2-1-5-14-15/h1-6H,7H2. The predicted octanol–water partition coefficient (Wildman–Crippen LogP) is 1.57. The van der Waals surface area contributed by atoms with Gasteiger partial charge in [0, 0.05) is 17.8 Å². The maximum atomic E-state index is 13.3. The fourth-order valence-electron chi connectivity index (χ4n) is 1.33. The van der Waals surface area contributed by atoms with E-state index in [0.717, 1.165) is 22.9 Å². The van der Waals surface area contributed by atoms with Gasteiger partial charge in [-0.3, -0.25) is 4.79 Å². The van der Waals surface area contributed by atoms with Crippen LogP contribution in [0, 0.1) is 11.6 Å². The highest BCUT2D eigenvalue weighted by atomic mass is 19.1. The summed E-state index contributed by atoms with van der Waals surface area (Å²) in [4.78, 5) is 11.3. The molecule has 1 heterocycles. The van der Waals surface area contributed by atoms with Gasteiger partial charge in [0.25, 0.3) is 5.56 Å². The molecule has 1 aromatic carbocycles. The van der Waals surface area contributed by atoms with Crippen molar-refractivity contribution >= 4 is 0 Å². The van der Waals surface area contributed by atoms with Gasteiger partial charge in [-0.15, -0.1) is 0 Å². The molecule has 0 amide bonds. The van der Waals surface area contributed by atoms with Crippen LogP contribution in [-0.2, 0) is 6.54 Å². The Morgan fingerprint density at radius 3 is 2.81 bits per heavy atom. The Hall–Kier alpha value is -2.04. The van der Waals surface area contributed by atoms with Gasteiger partial charge in [0.2, 0.25) is 0 Å². The Balaban J connectivity index is 2.38. The van der Waals surface area contributed by atoms with E-state index in [1.54, 1.807) is 0 Å². The third-order valence-corrected chi connectivity index (χ3v) is 2.11. The molecule has 0 saturated carbocycles. The van der Waals surface area contributed by atoms with E-state index in [1.165, 1.54) is 18.3 Å². The summed E-state index contributed by atoms with van der Waals surface area (Å²) in [5, 5.41) is 3.76. The molecule has 2 rings (SSSR count). The number of hydrogen-bond donors (Lipinski definition) is 0. The second-order valence-electron chi connectivity index (χ2n) is 3.26. The topological polar surface area (TPSA) is 34.9 Å². The molecule has 0 aliphatic rings. The average Bonchev–Trinajstić information content (AvgIpc) is 2.27. The Morgan fingerprint density at radius 2 is 2.06 bits per heavy atom. The molecule has 0 aliphatic heterocycles. The number of hydrogen-bond acceptors (Lipinski definition) is 2. The van der Waals surface area contributed by atoms with E-state index in [-0.39, 0.29) is 17.7 Å². The van der Waals surface area contributed by atoms with Gasteiger partial charge < -0.3 is 0 Å². The van der Waals surface area contributed by atoms with Crippen molar-refractivity contribution in [2.75, 3.05) is 0 Å². The SMILES string of the molecule is O=c1cccnn1Cc1cc(F)ccc1F. The van der Waals surface area contributed by atoms with Crippen molar-refractivity contribution in [3.05, 3.63) is 64.1 Å². The van der Waals surface area contributed by atoms with Gasteiger partial charge in [0.05, 0.1) is 6.54 Å². The molecule has 0 atom stereocenters. The Morgan fingerprint density at radius 1 is 1.25 bits per heavy atom. The van der Waals surface area contributed by atoms with E-state index < -0.39 is 11.6 Å². The van der Waals surface area contributed by atoms with E-state index in [1.807, 2.05) is 0 Å². The molecule has 0 unspecified atom stereocenters. The molecule has 0 bridgehead atoms. The number of halogens is 2. The monoisotopic (exact) mass is 222 g/mol. The van der Waals surface area contributed by atoms with Gasteiger partial charge in [0.1, 0.15) is 11.6 Å². The minimum Gasteiger partial charge on any atom is -0.268 e. The van der Waals surface area contributed by atoms with E-state index in [9.17, 15) is 13.6 Å². The van der Waals surface area contributed by atoms with Gasteiger partial charge in [0.15, 0.2) is 0 Å². The maximum absolute atomic E-state index is 13.3. The molecule has 82 valence electrons. The van der Waals surface area contributed by atoms with Gasteiger partial charge in [-0.25, -0.2) is 13.5 Å². The fourth-order valence-corrected chi connectivity index (χ4v) is 1.33. The van der Waals surface area contributed by atoms with Crippen molar-refractivity contribution in [1.82, 2.24) is 9.78 Å². The summed E-state index contributed by atoms with van der Waals surface area (Å²) in [6.07, 6.45) is 1.42. The van der Waals surface area contributed by atoms with Crippen molar-refractivity contribution in [3.63, 3.8) is 0 Å². The molecule has 0 radical (unpaired) electrons. The Kier molecular flexibility index (Phi) is 2.76. The van der Waals surface area contributed by atoms with Crippen LogP contribution in [0.15, 0.2) is 41.3 Å². The molecule has 0 aliphatic carbocycles. The first-order chi connectivity index (χ1) is 7.66. The van der Waals surface area contributed by atoms with Crippen LogP contribution in [0.25, 0.3) is 0 Å². The van der Waals surface area contributed by atoms with Crippen LogP contribution in [0.5, 0.6) is 0 Å². The zero-order chi connectivity index (χ0) is 11.5. The Labute approximate surface area is 90.0 Å². The van der Waals surface area contributed by atoms with E-state index >= 15 is 0 Å². The summed E-state index contributed by atoms with van der Waals surface area (Å²) >= 11 is 0. The molecular weight excluding hydrogens is 214 g/mol. The number of benzene rings is 1. The zero-order valence-electron chi connectivity index (χ0n) is 8.23. The van der Waals surface area contributed by atoms with Crippen molar-refractivity contribution < 1.29 is 8.78 Å². The molecule has 0 saturated heterocycles. The lowest BCUT2D eigenvalue weighted by Crippen LogP contribution is -2.22. The summed E-state index contributed by atoms with van der Waals surface area (Å²) in [6, 6.07) is 5.90. The second kappa shape index (κ2) is 4.22. The minimum atomic E-state index is -0.557. The average molecular weight is 222 g/mol. The summed E-state index contributed by atoms with van der Waals surface area (Å²) in [5.74, 6) is -1.10. The Bertz CT molecular complexity index is 566. The third-order valence-electron chi connectivity index (χ3n) is 2.11. The molecule has 2 aromatic rings. The maximum Gasteiger partial charge on any atom is 0.267 e. The van der Waals surface area contributed by atoms with Crippen LogP contribution in [0.2, 0.25) is 0 Å². The van der Waals surface area contributed by atoms with Gasteiger partial charge in [-0.05, 0) is 24.3 Å². The van der Waals surface area contributed by atoms with E-state index in [0.29, 0.717) is 0 Å². The first kappa shape index (κ1) is 10.5.